The highest BCUT2D eigenvalue weighted by Crippen LogP contribution is 2.25. The molecule has 0 saturated carbocycles. The molecule has 2 aromatic heterocycles. The number of nitrogens with zero attached hydrogens (tertiary/aromatic N) is 4. The predicted octanol–water partition coefficient (Wildman–Crippen LogP) is 1.84. The molecule has 1 aromatic carbocycles. The summed E-state index contributed by atoms with van der Waals surface area (Å²) in [6, 6.07) is 2.70. The second-order valence-electron chi connectivity index (χ2n) is 3.66. The zero-order chi connectivity index (χ0) is 12.7. The van der Waals surface area contributed by atoms with E-state index in [0.29, 0.717) is 16.9 Å². The maximum absolute atomic E-state index is 13.5. The van der Waals surface area contributed by atoms with E-state index in [-0.39, 0.29) is 17.5 Å². The van der Waals surface area contributed by atoms with Crippen molar-refractivity contribution in [1.29, 1.82) is 0 Å². The van der Waals surface area contributed by atoms with E-state index in [1.165, 1.54) is 18.5 Å². The molecule has 0 atom stereocenters. The molecule has 2 N–H and O–H groups in total. The molecule has 0 bridgehead atoms. The topological polar surface area (TPSA) is 82.8 Å². The Morgan fingerprint density at radius 3 is 3.00 bits per heavy atom. The van der Waals surface area contributed by atoms with Crippen molar-refractivity contribution < 1.29 is 8.91 Å². The first-order valence-electron chi connectivity index (χ1n) is 5.01. The predicted molar refractivity (Wildman–Crippen MR) is 62.5 cm³/mol. The van der Waals surface area contributed by atoms with Crippen LogP contribution in [-0.4, -0.2) is 19.7 Å². The van der Waals surface area contributed by atoms with E-state index in [0.717, 1.165) is 0 Å². The number of aromatic nitrogens is 4. The van der Waals surface area contributed by atoms with Gasteiger partial charge in [-0.2, -0.15) is 4.98 Å². The molecule has 2 heterocycles. The Morgan fingerprint density at radius 2 is 2.28 bits per heavy atom. The van der Waals surface area contributed by atoms with Crippen LogP contribution in [0.2, 0.25) is 5.02 Å². The molecule has 8 heteroatoms. The van der Waals surface area contributed by atoms with Crippen molar-refractivity contribution in [3.8, 4) is 0 Å². The number of nitrogens with two attached hydrogens (primary N) is 1. The molecule has 18 heavy (non-hydrogen) atoms. The molecule has 0 saturated heterocycles. The van der Waals surface area contributed by atoms with Gasteiger partial charge in [0.15, 0.2) is 5.82 Å². The first kappa shape index (κ1) is 11.0. The maximum atomic E-state index is 13.5. The average Bonchev–Trinajstić information content (AvgIpc) is 2.92. The van der Waals surface area contributed by atoms with Crippen LogP contribution < -0.4 is 5.73 Å². The summed E-state index contributed by atoms with van der Waals surface area (Å²) in [5.41, 5.74) is 6.81. The van der Waals surface area contributed by atoms with Crippen LogP contribution in [0.5, 0.6) is 0 Å². The largest absolute Gasteiger partial charge is 0.369 e. The zero-order valence-electron chi connectivity index (χ0n) is 8.97. The van der Waals surface area contributed by atoms with Crippen LogP contribution in [0.15, 0.2) is 23.0 Å². The molecule has 0 fully saturated rings. The molecule has 0 aliphatic carbocycles. The highest BCUT2D eigenvalue weighted by Gasteiger charge is 2.13. The van der Waals surface area contributed by atoms with Crippen LogP contribution in [0.25, 0.3) is 11.0 Å². The Morgan fingerprint density at radius 1 is 1.44 bits per heavy atom. The van der Waals surface area contributed by atoms with Gasteiger partial charge in [0.1, 0.15) is 5.82 Å². The minimum absolute atomic E-state index is 0.00621. The lowest BCUT2D eigenvalue weighted by atomic mass is 10.3. The van der Waals surface area contributed by atoms with Gasteiger partial charge in [-0.05, 0) is 6.07 Å². The number of halogens is 2. The summed E-state index contributed by atoms with van der Waals surface area (Å²) >= 11 is 5.69. The van der Waals surface area contributed by atoms with E-state index in [4.69, 9.17) is 17.3 Å². The number of anilines is 1. The Kier molecular flexibility index (Phi) is 2.41. The Balaban J connectivity index is 2.16. The van der Waals surface area contributed by atoms with E-state index < -0.39 is 5.82 Å². The second kappa shape index (κ2) is 3.95. The summed E-state index contributed by atoms with van der Waals surface area (Å²) in [6.45, 7) is 0.250. The van der Waals surface area contributed by atoms with Crippen molar-refractivity contribution in [3.63, 3.8) is 0 Å². The van der Waals surface area contributed by atoms with Crippen LogP contribution in [0, 0.1) is 5.82 Å². The summed E-state index contributed by atoms with van der Waals surface area (Å²) < 4.78 is 19.7. The SMILES string of the molecule is Nc1nc2cc(Cl)c(F)cc2n1Cc1ncon1. The van der Waals surface area contributed by atoms with E-state index >= 15 is 0 Å². The second-order valence-corrected chi connectivity index (χ2v) is 4.07. The molecule has 0 aliphatic rings. The maximum Gasteiger partial charge on any atom is 0.213 e. The summed E-state index contributed by atoms with van der Waals surface area (Å²) in [6.07, 6.45) is 1.21. The van der Waals surface area contributed by atoms with E-state index in [1.54, 1.807) is 4.57 Å². The Labute approximate surface area is 105 Å². The summed E-state index contributed by atoms with van der Waals surface area (Å²) in [5.74, 6) is 0.131. The van der Waals surface area contributed by atoms with E-state index in [1.807, 2.05) is 0 Å². The van der Waals surface area contributed by atoms with Crippen LogP contribution in [0.1, 0.15) is 5.82 Å². The third kappa shape index (κ3) is 1.68. The number of benzene rings is 1. The van der Waals surface area contributed by atoms with Crippen LogP contribution in [0.3, 0.4) is 0 Å². The number of fused-ring (bicyclic) bond motifs is 1. The summed E-state index contributed by atoms with van der Waals surface area (Å²) in [4.78, 5) is 7.98. The quantitative estimate of drug-likeness (QED) is 0.766. The van der Waals surface area contributed by atoms with Crippen molar-refractivity contribution in [1.82, 2.24) is 19.7 Å². The molecule has 0 aliphatic heterocycles. The van der Waals surface area contributed by atoms with Gasteiger partial charge in [-0.1, -0.05) is 16.8 Å². The number of imidazole rings is 1. The van der Waals surface area contributed by atoms with Gasteiger partial charge in [0.2, 0.25) is 12.3 Å². The van der Waals surface area contributed by atoms with Crippen molar-refractivity contribution in [2.45, 2.75) is 6.54 Å². The average molecular weight is 268 g/mol. The zero-order valence-corrected chi connectivity index (χ0v) is 9.73. The molecule has 6 nitrogen and oxygen atoms in total. The molecule has 0 spiro atoms. The van der Waals surface area contributed by atoms with E-state index in [2.05, 4.69) is 19.6 Å². The van der Waals surface area contributed by atoms with Gasteiger partial charge in [-0.3, -0.25) is 0 Å². The smallest absolute Gasteiger partial charge is 0.213 e. The summed E-state index contributed by atoms with van der Waals surface area (Å²) in [5, 5.41) is 3.68. The van der Waals surface area contributed by atoms with Gasteiger partial charge in [0.05, 0.1) is 22.6 Å². The Bertz CT molecular complexity index is 709. The van der Waals surface area contributed by atoms with Crippen LogP contribution in [-0.2, 0) is 6.54 Å². The van der Waals surface area contributed by atoms with Gasteiger partial charge in [0, 0.05) is 6.07 Å². The lowest BCUT2D eigenvalue weighted by Crippen LogP contribution is -2.05. The number of hydrogen-bond acceptors (Lipinski definition) is 5. The minimum Gasteiger partial charge on any atom is -0.369 e. The number of hydrogen-bond donors (Lipinski definition) is 1. The fourth-order valence-electron chi connectivity index (χ4n) is 1.71. The molecule has 92 valence electrons. The fourth-order valence-corrected chi connectivity index (χ4v) is 1.87. The molecule has 0 radical (unpaired) electrons. The first-order chi connectivity index (χ1) is 8.65. The van der Waals surface area contributed by atoms with Gasteiger partial charge in [-0.25, -0.2) is 9.37 Å². The molecule has 0 amide bonds. The first-order valence-corrected chi connectivity index (χ1v) is 5.39. The third-order valence-corrected chi connectivity index (χ3v) is 2.82. The normalized spacial score (nSPS) is 11.2. The highest BCUT2D eigenvalue weighted by molar-refractivity contribution is 6.31. The molecule has 3 aromatic rings. The standard InChI is InChI=1S/C10H7ClFN5O/c11-5-1-7-8(2-6(5)12)17(10(13)15-7)3-9-14-4-18-16-9/h1-2,4H,3H2,(H2,13,15). The van der Waals surface area contributed by atoms with Crippen molar-refractivity contribution in [2.75, 3.05) is 5.73 Å². The number of nitrogen functional groups attached to an aromatic ring is 1. The summed E-state index contributed by atoms with van der Waals surface area (Å²) in [7, 11) is 0. The van der Waals surface area contributed by atoms with Crippen molar-refractivity contribution in [3.05, 3.63) is 35.2 Å². The molecule has 0 unspecified atom stereocenters. The molecule has 3 rings (SSSR count). The Hall–Kier alpha value is -2.15. The van der Waals surface area contributed by atoms with Gasteiger partial charge in [0.25, 0.3) is 0 Å². The van der Waals surface area contributed by atoms with Gasteiger partial charge >= 0.3 is 0 Å². The minimum atomic E-state index is -0.529. The molecular formula is C10H7ClFN5O. The van der Waals surface area contributed by atoms with Crippen LogP contribution >= 0.6 is 11.6 Å². The van der Waals surface area contributed by atoms with Gasteiger partial charge in [-0.15, -0.1) is 0 Å². The van der Waals surface area contributed by atoms with Gasteiger partial charge < -0.3 is 14.8 Å². The van der Waals surface area contributed by atoms with Crippen molar-refractivity contribution in [2.24, 2.45) is 0 Å². The van der Waals surface area contributed by atoms with Crippen molar-refractivity contribution >= 4 is 28.6 Å². The monoisotopic (exact) mass is 267 g/mol. The number of rotatable bonds is 2. The highest BCUT2D eigenvalue weighted by atomic mass is 35.5. The van der Waals surface area contributed by atoms with Crippen LogP contribution in [0.4, 0.5) is 10.3 Å². The third-order valence-electron chi connectivity index (χ3n) is 2.53. The van der Waals surface area contributed by atoms with E-state index in [9.17, 15) is 4.39 Å². The fraction of sp³-hybridized carbons (Fsp3) is 0.100. The molecular weight excluding hydrogens is 261 g/mol. The lowest BCUT2D eigenvalue weighted by molar-refractivity contribution is 0.408. The lowest BCUT2D eigenvalue weighted by Gasteiger charge is -2.02.